The van der Waals surface area contributed by atoms with Gasteiger partial charge in [-0.2, -0.15) is 5.10 Å². The second-order valence-corrected chi connectivity index (χ2v) is 9.57. The lowest BCUT2D eigenvalue weighted by Crippen LogP contribution is -2.41. The zero-order chi connectivity index (χ0) is 24.4. The van der Waals surface area contributed by atoms with Crippen molar-refractivity contribution in [2.24, 2.45) is 5.92 Å². The highest BCUT2D eigenvalue weighted by atomic mass is 32.1. The molecule has 1 aromatic carbocycles. The topological polar surface area (TPSA) is 136 Å². The van der Waals surface area contributed by atoms with Gasteiger partial charge in [0.2, 0.25) is 5.91 Å². The Bertz CT molecular complexity index is 1350. The lowest BCUT2D eigenvalue weighted by molar-refractivity contribution is -0.136. The first-order valence-corrected chi connectivity index (χ1v) is 12.6. The van der Waals surface area contributed by atoms with Crippen LogP contribution in [-0.4, -0.2) is 74.1 Å². The van der Waals surface area contributed by atoms with Gasteiger partial charge in [-0.3, -0.25) is 9.89 Å². The van der Waals surface area contributed by atoms with E-state index in [4.69, 9.17) is 4.74 Å². The fourth-order valence-corrected chi connectivity index (χ4v) is 5.99. The summed E-state index contributed by atoms with van der Waals surface area (Å²) in [4.78, 5) is 25.7. The van der Waals surface area contributed by atoms with Gasteiger partial charge >= 0.3 is 0 Å². The number of nitrogens with one attached hydrogen (secondary N) is 2. The van der Waals surface area contributed by atoms with E-state index >= 15 is 0 Å². The zero-order valence-corrected chi connectivity index (χ0v) is 20.3. The smallest absolute Gasteiger partial charge is 0.226 e. The quantitative estimate of drug-likeness (QED) is 0.278. The number of fused-ring (bicyclic) bond motifs is 4. The largest absolute Gasteiger partial charge is 0.492 e. The number of aromatic amines is 1. The second-order valence-electron chi connectivity index (χ2n) is 8.48. The van der Waals surface area contributed by atoms with Crippen LogP contribution in [0, 0.1) is 5.92 Å². The third kappa shape index (κ3) is 4.54. The predicted molar refractivity (Wildman–Crippen MR) is 134 cm³/mol. The van der Waals surface area contributed by atoms with E-state index < -0.39 is 0 Å². The number of nitrogens with zero attached hydrogens (tertiary/aromatic N) is 4. The molecule has 0 spiro atoms. The van der Waals surface area contributed by atoms with Crippen LogP contribution >= 0.6 is 11.3 Å². The van der Waals surface area contributed by atoms with Crippen LogP contribution in [0.25, 0.3) is 21.1 Å². The Balaban J connectivity index is 1.46. The molecule has 0 fully saturated rings. The molecule has 0 saturated carbocycles. The summed E-state index contributed by atoms with van der Waals surface area (Å²) in [6, 6.07) is 3.92. The molecule has 0 unspecified atom stereocenters. The highest BCUT2D eigenvalue weighted by molar-refractivity contribution is 7.19. The summed E-state index contributed by atoms with van der Waals surface area (Å²) in [5, 5.41) is 31.1. The Hall–Kier alpha value is -3.28. The zero-order valence-electron chi connectivity index (χ0n) is 19.5. The van der Waals surface area contributed by atoms with Crippen LogP contribution in [0.4, 0.5) is 11.5 Å². The second kappa shape index (κ2) is 10.1. The van der Waals surface area contributed by atoms with Crippen molar-refractivity contribution in [2.45, 2.75) is 26.2 Å². The van der Waals surface area contributed by atoms with E-state index in [1.165, 1.54) is 5.56 Å². The van der Waals surface area contributed by atoms with Crippen LogP contribution in [0.1, 0.15) is 23.8 Å². The highest BCUT2D eigenvalue weighted by Crippen LogP contribution is 2.42. The number of carbonyl (C=O) groups is 1. The van der Waals surface area contributed by atoms with Crippen LogP contribution < -0.4 is 10.1 Å². The number of aryl methyl sites for hydroxylation is 1. The number of hydrogen-bond acceptors (Lipinski definition) is 9. The number of carbonyl (C=O) groups excluding carboxylic acids is 1. The first-order valence-electron chi connectivity index (χ1n) is 11.8. The van der Waals surface area contributed by atoms with E-state index in [9.17, 15) is 15.0 Å². The Morgan fingerprint density at radius 1 is 1.29 bits per heavy atom. The Morgan fingerprint density at radius 3 is 2.89 bits per heavy atom. The minimum absolute atomic E-state index is 0.0181. The molecule has 0 radical (unpaired) electrons. The van der Waals surface area contributed by atoms with Crippen molar-refractivity contribution in [2.75, 3.05) is 38.2 Å². The van der Waals surface area contributed by atoms with Crippen LogP contribution in [-0.2, 0) is 17.6 Å². The molecule has 0 saturated heterocycles. The molecule has 1 amide bonds. The summed E-state index contributed by atoms with van der Waals surface area (Å²) in [7, 11) is 0. The molecule has 1 atom stereocenters. The minimum atomic E-state index is -0.175. The van der Waals surface area contributed by atoms with Gasteiger partial charge in [-0.05, 0) is 37.8 Å². The van der Waals surface area contributed by atoms with Crippen molar-refractivity contribution in [3.05, 3.63) is 35.1 Å². The molecule has 3 aromatic heterocycles. The number of rotatable bonds is 9. The average molecular weight is 497 g/mol. The van der Waals surface area contributed by atoms with Gasteiger partial charge in [0.1, 0.15) is 22.7 Å². The molecule has 10 nitrogen and oxygen atoms in total. The van der Waals surface area contributed by atoms with Gasteiger partial charge in [-0.15, -0.1) is 11.3 Å². The van der Waals surface area contributed by atoms with E-state index in [-0.39, 0.29) is 38.1 Å². The fourth-order valence-electron chi connectivity index (χ4n) is 4.72. The Kier molecular flexibility index (Phi) is 6.80. The Morgan fingerprint density at radius 2 is 2.11 bits per heavy atom. The molecule has 1 aliphatic rings. The number of H-pyrrole nitrogens is 1. The number of anilines is 2. The van der Waals surface area contributed by atoms with Crippen LogP contribution in [0.5, 0.6) is 5.75 Å². The first-order chi connectivity index (χ1) is 17.1. The predicted octanol–water partition coefficient (Wildman–Crippen LogP) is 2.63. The molecular formula is C24H28N6O4S. The van der Waals surface area contributed by atoms with E-state index in [0.29, 0.717) is 31.0 Å². The SMILES string of the molecule is CCOc1cc2[nH]ncc2cc1Nc1ncnc2sc3c(c12)CC[C@H](C(=O)N(CCO)CCO)C3. The number of aliphatic hydroxyl groups excluding tert-OH is 2. The highest BCUT2D eigenvalue weighted by Gasteiger charge is 2.31. The lowest BCUT2D eigenvalue weighted by Gasteiger charge is -2.28. The van der Waals surface area contributed by atoms with Gasteiger partial charge in [-0.1, -0.05) is 0 Å². The number of hydrogen-bond donors (Lipinski definition) is 4. The summed E-state index contributed by atoms with van der Waals surface area (Å²) in [5.74, 6) is 1.23. The Labute approximate surface area is 206 Å². The third-order valence-electron chi connectivity index (χ3n) is 6.34. The van der Waals surface area contributed by atoms with Gasteiger partial charge in [-0.25, -0.2) is 9.97 Å². The molecule has 35 heavy (non-hydrogen) atoms. The van der Waals surface area contributed by atoms with Crippen molar-refractivity contribution in [3.63, 3.8) is 0 Å². The van der Waals surface area contributed by atoms with Crippen LogP contribution in [0.2, 0.25) is 0 Å². The maximum atomic E-state index is 13.0. The van der Waals surface area contributed by atoms with E-state index in [2.05, 4.69) is 25.5 Å². The van der Waals surface area contributed by atoms with E-state index in [1.54, 1.807) is 28.8 Å². The summed E-state index contributed by atoms with van der Waals surface area (Å²) >= 11 is 1.60. The molecule has 5 rings (SSSR count). The number of amides is 1. The van der Waals surface area contributed by atoms with Crippen LogP contribution in [0.3, 0.4) is 0 Å². The molecule has 11 heteroatoms. The van der Waals surface area contributed by atoms with Gasteiger partial charge in [0.05, 0.1) is 42.6 Å². The third-order valence-corrected chi connectivity index (χ3v) is 7.50. The monoisotopic (exact) mass is 496 g/mol. The van der Waals surface area contributed by atoms with Crippen molar-refractivity contribution in [3.8, 4) is 5.75 Å². The van der Waals surface area contributed by atoms with Gasteiger partial charge in [0.15, 0.2) is 0 Å². The summed E-state index contributed by atoms with van der Waals surface area (Å²) in [5.41, 5.74) is 2.87. The molecule has 184 valence electrons. The normalized spacial score (nSPS) is 15.3. The maximum Gasteiger partial charge on any atom is 0.226 e. The van der Waals surface area contributed by atoms with Crippen molar-refractivity contribution >= 4 is 49.9 Å². The molecule has 4 aromatic rings. The summed E-state index contributed by atoms with van der Waals surface area (Å²) in [6.07, 6.45) is 5.37. The molecule has 0 aliphatic heterocycles. The molecule has 0 bridgehead atoms. The number of ether oxygens (including phenoxy) is 1. The molecular weight excluding hydrogens is 468 g/mol. The van der Waals surface area contributed by atoms with Crippen molar-refractivity contribution in [1.82, 2.24) is 25.1 Å². The van der Waals surface area contributed by atoms with Gasteiger partial charge in [0.25, 0.3) is 0 Å². The van der Waals surface area contributed by atoms with Crippen LogP contribution in [0.15, 0.2) is 24.7 Å². The fraction of sp³-hybridized carbons (Fsp3) is 0.417. The summed E-state index contributed by atoms with van der Waals surface area (Å²) in [6.45, 7) is 2.70. The number of thiophene rings is 1. The van der Waals surface area contributed by atoms with Crippen molar-refractivity contribution in [1.29, 1.82) is 0 Å². The van der Waals surface area contributed by atoms with E-state index in [0.717, 1.165) is 38.1 Å². The van der Waals surface area contributed by atoms with Gasteiger partial charge < -0.3 is 25.2 Å². The lowest BCUT2D eigenvalue weighted by atomic mass is 9.87. The molecule has 4 N–H and O–H groups in total. The van der Waals surface area contributed by atoms with E-state index in [1.807, 2.05) is 19.1 Å². The average Bonchev–Trinajstić information content (AvgIpc) is 3.47. The van der Waals surface area contributed by atoms with Gasteiger partial charge in [0, 0.05) is 35.3 Å². The number of benzene rings is 1. The minimum Gasteiger partial charge on any atom is -0.492 e. The summed E-state index contributed by atoms with van der Waals surface area (Å²) < 4.78 is 5.87. The number of aliphatic hydroxyl groups is 2. The molecule has 1 aliphatic carbocycles. The number of aromatic nitrogens is 4. The standard InChI is InChI=1S/C24H28N6O4S/c1-2-34-19-11-17-15(12-27-29-17)9-18(19)28-22-21-16-4-3-14(24(33)30(5-7-31)6-8-32)10-20(16)35-23(21)26-13-25-22/h9,11-14,31-32H,2-8,10H2,1H3,(H,27,29)(H,25,26,28)/t14-/m0/s1. The van der Waals surface area contributed by atoms with Crippen molar-refractivity contribution < 1.29 is 19.7 Å². The molecule has 3 heterocycles. The first kappa shape index (κ1) is 23.5. The maximum absolute atomic E-state index is 13.0.